The highest BCUT2D eigenvalue weighted by molar-refractivity contribution is 6.31. The molecule has 2 rings (SSSR count). The van der Waals surface area contributed by atoms with E-state index in [1.165, 1.54) is 0 Å². The Hall–Kier alpha value is -1.32. The van der Waals surface area contributed by atoms with Gasteiger partial charge in [-0.15, -0.1) is 6.58 Å². The van der Waals surface area contributed by atoms with Gasteiger partial charge in [0.1, 0.15) is 0 Å². The van der Waals surface area contributed by atoms with Crippen LogP contribution in [0.1, 0.15) is 5.56 Å². The summed E-state index contributed by atoms with van der Waals surface area (Å²) in [6.07, 6.45) is 2.29. The zero-order chi connectivity index (χ0) is 13.7. The maximum absolute atomic E-state index is 12.2. The van der Waals surface area contributed by atoms with E-state index in [2.05, 4.69) is 11.5 Å². The van der Waals surface area contributed by atoms with E-state index in [1.807, 2.05) is 35.2 Å². The molecule has 19 heavy (non-hydrogen) atoms. The first-order valence-corrected chi connectivity index (χ1v) is 6.93. The summed E-state index contributed by atoms with van der Waals surface area (Å²) in [5.74, 6) is 0.159. The first kappa shape index (κ1) is 14.1. The van der Waals surface area contributed by atoms with Crippen molar-refractivity contribution in [1.29, 1.82) is 0 Å². The molecule has 1 aromatic carbocycles. The van der Waals surface area contributed by atoms with Crippen molar-refractivity contribution in [3.63, 3.8) is 0 Å². The van der Waals surface area contributed by atoms with Crippen molar-refractivity contribution in [2.75, 3.05) is 32.7 Å². The number of carbonyl (C=O) groups is 1. The lowest BCUT2D eigenvalue weighted by Crippen LogP contribution is -2.49. The van der Waals surface area contributed by atoms with Gasteiger partial charge in [0.25, 0.3) is 0 Å². The van der Waals surface area contributed by atoms with Gasteiger partial charge in [0.15, 0.2) is 0 Å². The summed E-state index contributed by atoms with van der Waals surface area (Å²) in [6.45, 7) is 8.04. The van der Waals surface area contributed by atoms with E-state index in [-0.39, 0.29) is 5.91 Å². The lowest BCUT2D eigenvalue weighted by atomic mass is 10.1. The summed E-state index contributed by atoms with van der Waals surface area (Å²) in [5.41, 5.74) is 0.905. The minimum absolute atomic E-state index is 0.159. The van der Waals surface area contributed by atoms with Gasteiger partial charge in [-0.1, -0.05) is 35.9 Å². The summed E-state index contributed by atoms with van der Waals surface area (Å²) in [4.78, 5) is 16.4. The molecule has 0 spiro atoms. The number of piperazine rings is 1. The van der Waals surface area contributed by atoms with Gasteiger partial charge in [-0.3, -0.25) is 9.69 Å². The van der Waals surface area contributed by atoms with Crippen LogP contribution in [0.15, 0.2) is 36.9 Å². The van der Waals surface area contributed by atoms with E-state index >= 15 is 0 Å². The van der Waals surface area contributed by atoms with Crippen molar-refractivity contribution < 1.29 is 4.79 Å². The van der Waals surface area contributed by atoms with E-state index in [9.17, 15) is 4.79 Å². The van der Waals surface area contributed by atoms with Crippen LogP contribution in [0.5, 0.6) is 0 Å². The summed E-state index contributed by atoms with van der Waals surface area (Å²) in [5, 5.41) is 0.668. The Morgan fingerprint density at radius 1 is 1.26 bits per heavy atom. The summed E-state index contributed by atoms with van der Waals surface area (Å²) in [6, 6.07) is 7.53. The lowest BCUT2D eigenvalue weighted by Gasteiger charge is -2.34. The first-order valence-electron chi connectivity index (χ1n) is 6.55. The van der Waals surface area contributed by atoms with Crippen molar-refractivity contribution in [2.45, 2.75) is 6.42 Å². The van der Waals surface area contributed by atoms with Gasteiger partial charge in [0, 0.05) is 37.7 Å². The molecule has 0 aromatic heterocycles. The van der Waals surface area contributed by atoms with Gasteiger partial charge >= 0.3 is 0 Å². The molecule has 1 aliphatic heterocycles. The van der Waals surface area contributed by atoms with Gasteiger partial charge in [0.2, 0.25) is 5.91 Å². The number of carbonyl (C=O) groups excluding carboxylic acids is 1. The number of hydrogen-bond donors (Lipinski definition) is 0. The number of amides is 1. The maximum atomic E-state index is 12.2. The van der Waals surface area contributed by atoms with E-state index in [0.717, 1.165) is 38.3 Å². The molecule has 1 amide bonds. The molecule has 1 saturated heterocycles. The number of benzene rings is 1. The third-order valence-corrected chi connectivity index (χ3v) is 3.78. The van der Waals surface area contributed by atoms with Crippen LogP contribution >= 0.6 is 11.6 Å². The van der Waals surface area contributed by atoms with E-state index in [1.54, 1.807) is 0 Å². The van der Waals surface area contributed by atoms with Crippen molar-refractivity contribution in [3.8, 4) is 0 Å². The molecule has 0 N–H and O–H groups in total. The number of rotatable bonds is 4. The fraction of sp³-hybridized carbons (Fsp3) is 0.400. The molecule has 0 bridgehead atoms. The second-order valence-corrected chi connectivity index (χ2v) is 5.15. The Kier molecular flexibility index (Phi) is 5.00. The maximum Gasteiger partial charge on any atom is 0.227 e. The predicted molar refractivity (Wildman–Crippen MR) is 78.4 cm³/mol. The number of hydrogen-bond acceptors (Lipinski definition) is 2. The largest absolute Gasteiger partial charge is 0.340 e. The van der Waals surface area contributed by atoms with Gasteiger partial charge in [-0.05, 0) is 11.6 Å². The third-order valence-electron chi connectivity index (χ3n) is 3.41. The van der Waals surface area contributed by atoms with Crippen LogP contribution in [-0.2, 0) is 11.2 Å². The fourth-order valence-electron chi connectivity index (χ4n) is 2.28. The number of halogens is 1. The molecule has 0 saturated carbocycles. The van der Waals surface area contributed by atoms with Gasteiger partial charge in [-0.2, -0.15) is 0 Å². The zero-order valence-electron chi connectivity index (χ0n) is 11.0. The van der Waals surface area contributed by atoms with Crippen molar-refractivity contribution in [2.24, 2.45) is 0 Å². The Balaban J connectivity index is 1.88. The number of nitrogens with zero attached hydrogens (tertiary/aromatic N) is 2. The summed E-state index contributed by atoms with van der Waals surface area (Å²) >= 11 is 6.08. The highest BCUT2D eigenvalue weighted by Crippen LogP contribution is 2.16. The molecule has 1 fully saturated rings. The minimum atomic E-state index is 0.159. The van der Waals surface area contributed by atoms with Crippen molar-refractivity contribution in [3.05, 3.63) is 47.5 Å². The molecule has 1 heterocycles. The smallest absolute Gasteiger partial charge is 0.227 e. The SMILES string of the molecule is C=CCN1CCN(C(=O)Cc2ccccc2Cl)CC1. The molecule has 0 unspecified atom stereocenters. The van der Waals surface area contributed by atoms with E-state index in [4.69, 9.17) is 11.6 Å². The molecule has 0 atom stereocenters. The molecule has 3 nitrogen and oxygen atoms in total. The zero-order valence-corrected chi connectivity index (χ0v) is 11.8. The Bertz CT molecular complexity index is 453. The molecule has 1 aliphatic rings. The van der Waals surface area contributed by atoms with Crippen LogP contribution in [0.25, 0.3) is 0 Å². The highest BCUT2D eigenvalue weighted by atomic mass is 35.5. The molecule has 102 valence electrons. The van der Waals surface area contributed by atoms with Gasteiger partial charge < -0.3 is 4.90 Å². The van der Waals surface area contributed by atoms with Crippen LogP contribution in [0.3, 0.4) is 0 Å². The fourth-order valence-corrected chi connectivity index (χ4v) is 2.48. The van der Waals surface area contributed by atoms with Crippen LogP contribution < -0.4 is 0 Å². The summed E-state index contributed by atoms with van der Waals surface area (Å²) < 4.78 is 0. The highest BCUT2D eigenvalue weighted by Gasteiger charge is 2.20. The van der Waals surface area contributed by atoms with Crippen molar-refractivity contribution >= 4 is 17.5 Å². The van der Waals surface area contributed by atoms with Gasteiger partial charge in [0.05, 0.1) is 6.42 Å². The van der Waals surface area contributed by atoms with Crippen molar-refractivity contribution in [1.82, 2.24) is 9.80 Å². The quantitative estimate of drug-likeness (QED) is 0.789. The molecular formula is C15H19ClN2O. The lowest BCUT2D eigenvalue weighted by molar-refractivity contribution is -0.132. The normalized spacial score (nSPS) is 16.4. The molecular weight excluding hydrogens is 260 g/mol. The van der Waals surface area contributed by atoms with Gasteiger partial charge in [-0.25, -0.2) is 0 Å². The Labute approximate surface area is 119 Å². The predicted octanol–water partition coefficient (Wildman–Crippen LogP) is 2.21. The Morgan fingerprint density at radius 3 is 2.58 bits per heavy atom. The van der Waals surface area contributed by atoms with E-state index < -0.39 is 0 Å². The average molecular weight is 279 g/mol. The molecule has 0 aliphatic carbocycles. The molecule has 4 heteroatoms. The monoisotopic (exact) mass is 278 g/mol. The van der Waals surface area contributed by atoms with Crippen LogP contribution in [0.4, 0.5) is 0 Å². The molecule has 0 radical (unpaired) electrons. The topological polar surface area (TPSA) is 23.6 Å². The third kappa shape index (κ3) is 3.82. The van der Waals surface area contributed by atoms with Crippen LogP contribution in [-0.4, -0.2) is 48.4 Å². The average Bonchev–Trinajstić information content (AvgIpc) is 2.42. The second-order valence-electron chi connectivity index (χ2n) is 4.74. The second kappa shape index (κ2) is 6.73. The van der Waals surface area contributed by atoms with E-state index in [0.29, 0.717) is 11.4 Å². The van der Waals surface area contributed by atoms with Crippen LogP contribution in [0, 0.1) is 0 Å². The summed E-state index contributed by atoms with van der Waals surface area (Å²) in [7, 11) is 0. The Morgan fingerprint density at radius 2 is 1.95 bits per heavy atom. The van der Waals surface area contributed by atoms with Crippen LogP contribution in [0.2, 0.25) is 5.02 Å². The minimum Gasteiger partial charge on any atom is -0.340 e. The standard InChI is InChI=1S/C15H19ClN2O/c1-2-7-17-8-10-18(11-9-17)15(19)12-13-5-3-4-6-14(13)16/h2-6H,1,7-12H2. The first-order chi connectivity index (χ1) is 9.20. The molecule has 1 aromatic rings.